The van der Waals surface area contributed by atoms with Crippen LogP contribution in [0.4, 0.5) is 0 Å². The van der Waals surface area contributed by atoms with Crippen molar-refractivity contribution in [3.05, 3.63) is 35.5 Å². The third-order valence-corrected chi connectivity index (χ3v) is 2.98. The molecule has 0 radical (unpaired) electrons. The maximum atomic E-state index is 11.6. The van der Waals surface area contributed by atoms with Gasteiger partial charge >= 0.3 is 5.97 Å². The summed E-state index contributed by atoms with van der Waals surface area (Å²) >= 11 is 0. The van der Waals surface area contributed by atoms with Gasteiger partial charge in [0.1, 0.15) is 11.4 Å². The summed E-state index contributed by atoms with van der Waals surface area (Å²) in [5, 5.41) is 0.924. The zero-order valence-corrected chi connectivity index (χ0v) is 13.2. The lowest BCUT2D eigenvalue weighted by Crippen LogP contribution is -2.22. The van der Waals surface area contributed by atoms with Gasteiger partial charge in [-0.1, -0.05) is 0 Å². The van der Waals surface area contributed by atoms with E-state index in [1.807, 2.05) is 52.0 Å². The van der Waals surface area contributed by atoms with Crippen LogP contribution in [0.2, 0.25) is 0 Å². The molecule has 0 amide bonds. The molecular formula is C17H21NO3. The monoisotopic (exact) mass is 287 g/mol. The molecule has 2 rings (SSSR count). The molecule has 0 aliphatic rings. The Hall–Kier alpha value is -2.10. The van der Waals surface area contributed by atoms with E-state index >= 15 is 0 Å². The first-order valence-electron chi connectivity index (χ1n) is 6.94. The molecule has 0 bridgehead atoms. The molecule has 1 heterocycles. The Morgan fingerprint density at radius 2 is 1.95 bits per heavy atom. The number of methoxy groups -OCH3 is 1. The molecule has 0 atom stereocenters. The number of ether oxygens (including phenoxy) is 2. The van der Waals surface area contributed by atoms with Crippen molar-refractivity contribution in [3.63, 3.8) is 0 Å². The first kappa shape index (κ1) is 15.3. The zero-order chi connectivity index (χ0) is 15.6. The van der Waals surface area contributed by atoms with Gasteiger partial charge in [0.25, 0.3) is 0 Å². The summed E-state index contributed by atoms with van der Waals surface area (Å²) < 4.78 is 10.6. The summed E-state index contributed by atoms with van der Waals surface area (Å²) in [5.41, 5.74) is 2.37. The number of aryl methyl sites for hydroxylation is 1. The molecule has 0 fully saturated rings. The van der Waals surface area contributed by atoms with E-state index in [9.17, 15) is 4.79 Å². The lowest BCUT2D eigenvalue weighted by atomic mass is 10.0. The Morgan fingerprint density at radius 1 is 1.24 bits per heavy atom. The fourth-order valence-electron chi connectivity index (χ4n) is 2.21. The summed E-state index contributed by atoms with van der Waals surface area (Å²) in [4.78, 5) is 16.1. The van der Waals surface area contributed by atoms with Crippen LogP contribution >= 0.6 is 0 Å². The third-order valence-electron chi connectivity index (χ3n) is 2.98. The van der Waals surface area contributed by atoms with E-state index in [4.69, 9.17) is 9.47 Å². The normalized spacial score (nSPS) is 11.5. The predicted octanol–water partition coefficient (Wildman–Crippen LogP) is 3.44. The molecular weight excluding hydrogens is 266 g/mol. The van der Waals surface area contributed by atoms with E-state index in [0.717, 1.165) is 27.9 Å². The number of nitrogens with zero attached hydrogens (tertiary/aromatic N) is 1. The highest BCUT2D eigenvalue weighted by molar-refractivity contribution is 5.87. The molecule has 1 aromatic heterocycles. The van der Waals surface area contributed by atoms with Crippen molar-refractivity contribution >= 4 is 16.9 Å². The van der Waals surface area contributed by atoms with Crippen LogP contribution in [0.25, 0.3) is 10.9 Å². The topological polar surface area (TPSA) is 48.4 Å². The average Bonchev–Trinajstić information content (AvgIpc) is 2.37. The molecule has 0 unspecified atom stereocenters. The highest BCUT2D eigenvalue weighted by atomic mass is 16.5. The second-order valence-corrected chi connectivity index (χ2v) is 6.07. The first-order valence-corrected chi connectivity index (χ1v) is 6.94. The average molecular weight is 287 g/mol. The molecule has 21 heavy (non-hydrogen) atoms. The fourth-order valence-corrected chi connectivity index (χ4v) is 2.21. The van der Waals surface area contributed by atoms with Crippen LogP contribution in [-0.4, -0.2) is 23.7 Å². The van der Waals surface area contributed by atoms with Gasteiger partial charge in [0.05, 0.1) is 19.0 Å². The molecule has 0 N–H and O–H groups in total. The van der Waals surface area contributed by atoms with Crippen LogP contribution in [-0.2, 0) is 16.0 Å². The van der Waals surface area contributed by atoms with E-state index in [1.54, 1.807) is 0 Å². The Morgan fingerprint density at radius 3 is 2.57 bits per heavy atom. The number of hydrogen-bond acceptors (Lipinski definition) is 4. The van der Waals surface area contributed by atoms with Crippen LogP contribution in [0.1, 0.15) is 32.0 Å². The van der Waals surface area contributed by atoms with Crippen LogP contribution in [0.5, 0.6) is 5.75 Å². The Balaban J connectivity index is 2.50. The summed E-state index contributed by atoms with van der Waals surface area (Å²) in [6, 6.07) is 7.68. The maximum Gasteiger partial charge on any atom is 0.310 e. The molecule has 4 heteroatoms. The lowest BCUT2D eigenvalue weighted by molar-refractivity contribution is -0.139. The van der Waals surface area contributed by atoms with Crippen molar-refractivity contribution in [1.82, 2.24) is 4.98 Å². The van der Waals surface area contributed by atoms with Gasteiger partial charge in [-0.15, -0.1) is 0 Å². The third kappa shape index (κ3) is 3.94. The minimum atomic E-state index is -0.270. The standard InChI is InChI=1S/C17H21NO3/c1-11-8-12(9-16(19)20-5)14-10-13(21-17(2,3)4)6-7-15(14)18-11/h6-8,10H,9H2,1-5H3. The summed E-state index contributed by atoms with van der Waals surface area (Å²) in [7, 11) is 1.40. The van der Waals surface area contributed by atoms with E-state index in [0.29, 0.717) is 0 Å². The van der Waals surface area contributed by atoms with Gasteiger partial charge in [-0.25, -0.2) is 0 Å². The summed E-state index contributed by atoms with van der Waals surface area (Å²) in [6.45, 7) is 7.92. The molecule has 112 valence electrons. The van der Waals surface area contributed by atoms with Gasteiger partial charge in [-0.05, 0) is 57.5 Å². The van der Waals surface area contributed by atoms with Crippen LogP contribution in [0.3, 0.4) is 0 Å². The van der Waals surface area contributed by atoms with Crippen molar-refractivity contribution in [1.29, 1.82) is 0 Å². The first-order chi connectivity index (χ1) is 9.78. The highest BCUT2D eigenvalue weighted by Crippen LogP contribution is 2.26. The van der Waals surface area contributed by atoms with Crippen molar-refractivity contribution in [2.24, 2.45) is 0 Å². The van der Waals surface area contributed by atoms with Crippen molar-refractivity contribution in [2.75, 3.05) is 7.11 Å². The van der Waals surface area contributed by atoms with Crippen molar-refractivity contribution in [2.45, 2.75) is 39.7 Å². The predicted molar refractivity (Wildman–Crippen MR) is 82.6 cm³/mol. The molecule has 1 aromatic carbocycles. The number of fused-ring (bicyclic) bond motifs is 1. The minimum absolute atomic E-state index is 0.231. The highest BCUT2D eigenvalue weighted by Gasteiger charge is 2.14. The quantitative estimate of drug-likeness (QED) is 0.811. The lowest BCUT2D eigenvalue weighted by Gasteiger charge is -2.21. The van der Waals surface area contributed by atoms with Crippen LogP contribution in [0.15, 0.2) is 24.3 Å². The second-order valence-electron chi connectivity index (χ2n) is 6.07. The molecule has 0 aliphatic carbocycles. The fraction of sp³-hybridized carbons (Fsp3) is 0.412. The Labute approximate surface area is 125 Å². The maximum absolute atomic E-state index is 11.6. The number of aromatic nitrogens is 1. The Bertz CT molecular complexity index is 672. The molecule has 0 saturated carbocycles. The number of hydrogen-bond donors (Lipinski definition) is 0. The molecule has 4 nitrogen and oxygen atoms in total. The van der Waals surface area contributed by atoms with Gasteiger partial charge in [0, 0.05) is 11.1 Å². The molecule has 0 aliphatic heterocycles. The number of pyridine rings is 1. The van der Waals surface area contributed by atoms with Gasteiger partial charge in [0.2, 0.25) is 0 Å². The number of carbonyl (C=O) groups is 1. The van der Waals surface area contributed by atoms with E-state index < -0.39 is 0 Å². The molecule has 0 saturated heterocycles. The zero-order valence-electron chi connectivity index (χ0n) is 13.2. The number of carbonyl (C=O) groups excluding carboxylic acids is 1. The number of esters is 1. The molecule has 0 spiro atoms. The Kier molecular flexibility index (Phi) is 4.16. The largest absolute Gasteiger partial charge is 0.488 e. The molecule has 2 aromatic rings. The van der Waals surface area contributed by atoms with Gasteiger partial charge in [-0.2, -0.15) is 0 Å². The summed E-state index contributed by atoms with van der Waals surface area (Å²) in [6.07, 6.45) is 0.231. The van der Waals surface area contributed by atoms with E-state index in [1.165, 1.54) is 7.11 Å². The number of benzene rings is 1. The van der Waals surface area contributed by atoms with E-state index in [-0.39, 0.29) is 18.0 Å². The minimum Gasteiger partial charge on any atom is -0.488 e. The summed E-state index contributed by atoms with van der Waals surface area (Å²) in [5.74, 6) is 0.510. The SMILES string of the molecule is COC(=O)Cc1cc(C)nc2ccc(OC(C)(C)C)cc12. The van der Waals surface area contributed by atoms with Gasteiger partial charge < -0.3 is 9.47 Å². The van der Waals surface area contributed by atoms with Gasteiger partial charge in [0.15, 0.2) is 0 Å². The van der Waals surface area contributed by atoms with E-state index in [2.05, 4.69) is 4.98 Å². The van der Waals surface area contributed by atoms with Gasteiger partial charge in [-0.3, -0.25) is 9.78 Å². The second kappa shape index (κ2) is 5.72. The van der Waals surface area contributed by atoms with Crippen molar-refractivity contribution in [3.8, 4) is 5.75 Å². The number of rotatable bonds is 3. The van der Waals surface area contributed by atoms with Crippen LogP contribution < -0.4 is 4.74 Å². The smallest absolute Gasteiger partial charge is 0.310 e. The van der Waals surface area contributed by atoms with Crippen molar-refractivity contribution < 1.29 is 14.3 Å². The van der Waals surface area contributed by atoms with Crippen LogP contribution in [0, 0.1) is 6.92 Å².